The maximum Gasteiger partial charge on any atom is 0.319 e. The molecule has 0 aliphatic heterocycles. The molecular weight excluding hydrogens is 388 g/mol. The molecule has 1 atom stereocenters. The predicted molar refractivity (Wildman–Crippen MR) is 110 cm³/mol. The lowest BCUT2D eigenvalue weighted by molar-refractivity contribution is -0.137. The average Bonchev–Trinajstić information content (AvgIpc) is 2.74. The molecule has 0 saturated heterocycles. The molecule has 3 aromatic rings. The Morgan fingerprint density at radius 2 is 1.97 bits per heavy atom. The summed E-state index contributed by atoms with van der Waals surface area (Å²) in [5.74, 6) is -1.50. The SMILES string of the molecule is Cn1ccc(O)c(NC(=O)N[C@@H](CC(=O)O)c2cccc(-c3ccccn3)c2)c1=O. The van der Waals surface area contributed by atoms with Crippen molar-refractivity contribution < 1.29 is 19.8 Å². The number of pyridine rings is 2. The number of benzene rings is 1. The molecule has 9 nitrogen and oxygen atoms in total. The molecule has 0 aliphatic rings. The second-order valence-electron chi connectivity index (χ2n) is 6.58. The number of nitrogens with zero attached hydrogens (tertiary/aromatic N) is 2. The Hall–Kier alpha value is -4.14. The summed E-state index contributed by atoms with van der Waals surface area (Å²) in [6, 6.07) is 12.0. The molecule has 2 aromatic heterocycles. The molecule has 9 heteroatoms. The second-order valence-corrected chi connectivity index (χ2v) is 6.58. The summed E-state index contributed by atoms with van der Waals surface area (Å²) in [6.45, 7) is 0. The molecule has 3 rings (SSSR count). The van der Waals surface area contributed by atoms with Gasteiger partial charge < -0.3 is 25.4 Å². The Morgan fingerprint density at radius 3 is 2.67 bits per heavy atom. The fourth-order valence-electron chi connectivity index (χ4n) is 2.92. The molecule has 0 radical (unpaired) electrons. The van der Waals surface area contributed by atoms with Crippen LogP contribution in [0.2, 0.25) is 0 Å². The van der Waals surface area contributed by atoms with Gasteiger partial charge in [0.1, 0.15) is 5.75 Å². The van der Waals surface area contributed by atoms with Gasteiger partial charge >= 0.3 is 12.0 Å². The number of nitrogens with one attached hydrogen (secondary N) is 2. The zero-order valence-corrected chi connectivity index (χ0v) is 16.1. The lowest BCUT2D eigenvalue weighted by atomic mass is 10.00. The number of hydrogen-bond acceptors (Lipinski definition) is 5. The van der Waals surface area contributed by atoms with E-state index in [1.165, 1.54) is 23.9 Å². The highest BCUT2D eigenvalue weighted by Crippen LogP contribution is 2.24. The minimum Gasteiger partial charge on any atom is -0.505 e. The van der Waals surface area contributed by atoms with Gasteiger partial charge in [-0.2, -0.15) is 0 Å². The van der Waals surface area contributed by atoms with Gasteiger partial charge in [-0.25, -0.2) is 4.79 Å². The monoisotopic (exact) mass is 408 g/mol. The van der Waals surface area contributed by atoms with Crippen LogP contribution in [0.4, 0.5) is 10.5 Å². The fraction of sp³-hybridized carbons (Fsp3) is 0.143. The molecule has 0 unspecified atom stereocenters. The Morgan fingerprint density at radius 1 is 1.17 bits per heavy atom. The van der Waals surface area contributed by atoms with Gasteiger partial charge in [0.15, 0.2) is 5.69 Å². The highest BCUT2D eigenvalue weighted by molar-refractivity contribution is 5.91. The molecule has 2 amide bonds. The van der Waals surface area contributed by atoms with Gasteiger partial charge in [0.25, 0.3) is 5.56 Å². The molecule has 2 heterocycles. The number of rotatable bonds is 6. The lowest BCUT2D eigenvalue weighted by Crippen LogP contribution is -2.36. The summed E-state index contributed by atoms with van der Waals surface area (Å²) in [6.07, 6.45) is 2.63. The number of carbonyl (C=O) groups is 2. The van der Waals surface area contributed by atoms with E-state index in [1.54, 1.807) is 30.5 Å². The molecule has 30 heavy (non-hydrogen) atoms. The van der Waals surface area contributed by atoms with E-state index in [2.05, 4.69) is 15.6 Å². The number of hydrogen-bond donors (Lipinski definition) is 4. The van der Waals surface area contributed by atoms with Crippen LogP contribution in [0.3, 0.4) is 0 Å². The second kappa shape index (κ2) is 8.91. The van der Waals surface area contributed by atoms with E-state index in [0.29, 0.717) is 11.3 Å². The minimum atomic E-state index is -1.11. The zero-order chi connectivity index (χ0) is 21.7. The number of anilines is 1. The summed E-state index contributed by atoms with van der Waals surface area (Å²) >= 11 is 0. The Bertz CT molecular complexity index is 1130. The summed E-state index contributed by atoms with van der Waals surface area (Å²) in [5.41, 5.74) is 1.13. The van der Waals surface area contributed by atoms with Crippen LogP contribution < -0.4 is 16.2 Å². The van der Waals surface area contributed by atoms with E-state index < -0.39 is 23.6 Å². The zero-order valence-electron chi connectivity index (χ0n) is 16.1. The minimum absolute atomic E-state index is 0.297. The number of amides is 2. The lowest BCUT2D eigenvalue weighted by Gasteiger charge is -2.19. The number of carboxylic acid groups (broad SMARTS) is 1. The average molecular weight is 408 g/mol. The smallest absolute Gasteiger partial charge is 0.319 e. The van der Waals surface area contributed by atoms with Gasteiger partial charge in [-0.05, 0) is 29.8 Å². The highest BCUT2D eigenvalue weighted by Gasteiger charge is 2.20. The van der Waals surface area contributed by atoms with Gasteiger partial charge in [0, 0.05) is 25.0 Å². The number of aromatic nitrogens is 2. The first-order valence-corrected chi connectivity index (χ1v) is 9.04. The van der Waals surface area contributed by atoms with Crippen LogP contribution in [0.15, 0.2) is 65.7 Å². The standard InChI is InChI=1S/C21H20N4O5/c1-25-10-8-17(26)19(20(25)29)24-21(30)23-16(12-18(27)28)14-6-4-5-13(11-14)15-7-2-3-9-22-15/h2-11,16,26H,12H2,1H3,(H,27,28)(H2,23,24,30)/t16-/m0/s1. The molecule has 0 saturated carbocycles. The summed E-state index contributed by atoms with van der Waals surface area (Å²) < 4.78 is 1.19. The van der Waals surface area contributed by atoms with Crippen LogP contribution in [0.1, 0.15) is 18.0 Å². The van der Waals surface area contributed by atoms with Crippen LogP contribution >= 0.6 is 0 Å². The molecule has 0 spiro atoms. The van der Waals surface area contributed by atoms with Crippen molar-refractivity contribution in [3.8, 4) is 17.0 Å². The molecule has 0 fully saturated rings. The van der Waals surface area contributed by atoms with Crippen molar-refractivity contribution >= 4 is 17.7 Å². The van der Waals surface area contributed by atoms with Crippen molar-refractivity contribution in [2.45, 2.75) is 12.5 Å². The fourth-order valence-corrected chi connectivity index (χ4v) is 2.92. The first-order valence-electron chi connectivity index (χ1n) is 9.04. The van der Waals surface area contributed by atoms with Crippen molar-refractivity contribution in [2.24, 2.45) is 7.05 Å². The van der Waals surface area contributed by atoms with E-state index in [-0.39, 0.29) is 17.9 Å². The van der Waals surface area contributed by atoms with Crippen molar-refractivity contribution in [3.63, 3.8) is 0 Å². The number of aryl methyl sites for hydroxylation is 1. The van der Waals surface area contributed by atoms with Crippen molar-refractivity contribution in [3.05, 3.63) is 76.8 Å². The predicted octanol–water partition coefficient (Wildman–Crippen LogP) is 2.49. The quantitative estimate of drug-likeness (QED) is 0.495. The first kappa shape index (κ1) is 20.6. The number of urea groups is 1. The van der Waals surface area contributed by atoms with Gasteiger partial charge in [-0.15, -0.1) is 0 Å². The number of carboxylic acids is 1. The maximum absolute atomic E-state index is 12.5. The molecule has 0 bridgehead atoms. The highest BCUT2D eigenvalue weighted by atomic mass is 16.4. The third kappa shape index (κ3) is 4.82. The number of carbonyl (C=O) groups excluding carboxylic acids is 1. The Kier molecular flexibility index (Phi) is 6.11. The van der Waals surface area contributed by atoms with E-state index in [9.17, 15) is 24.6 Å². The molecule has 1 aromatic carbocycles. The van der Waals surface area contributed by atoms with Gasteiger partial charge in [0.2, 0.25) is 0 Å². The van der Waals surface area contributed by atoms with Crippen LogP contribution in [0.25, 0.3) is 11.3 Å². The topological polar surface area (TPSA) is 134 Å². The van der Waals surface area contributed by atoms with Crippen LogP contribution in [0.5, 0.6) is 5.75 Å². The van der Waals surface area contributed by atoms with Gasteiger partial charge in [-0.3, -0.25) is 14.6 Å². The summed E-state index contributed by atoms with van der Waals surface area (Å²) in [5, 5.41) is 24.0. The Balaban J connectivity index is 1.85. The van der Waals surface area contributed by atoms with E-state index in [1.807, 2.05) is 18.2 Å². The van der Waals surface area contributed by atoms with Crippen LogP contribution in [-0.4, -0.2) is 31.8 Å². The van der Waals surface area contributed by atoms with Crippen molar-refractivity contribution in [2.75, 3.05) is 5.32 Å². The summed E-state index contributed by atoms with van der Waals surface area (Å²) in [7, 11) is 1.47. The third-order valence-corrected chi connectivity index (χ3v) is 4.42. The first-order chi connectivity index (χ1) is 14.3. The van der Waals surface area contributed by atoms with Crippen LogP contribution in [-0.2, 0) is 11.8 Å². The van der Waals surface area contributed by atoms with E-state index in [0.717, 1.165) is 5.56 Å². The molecule has 0 aliphatic carbocycles. The van der Waals surface area contributed by atoms with Crippen molar-refractivity contribution in [1.29, 1.82) is 0 Å². The van der Waals surface area contributed by atoms with E-state index in [4.69, 9.17) is 0 Å². The number of aromatic hydroxyl groups is 1. The van der Waals surface area contributed by atoms with Gasteiger partial charge in [0.05, 0.1) is 18.2 Å². The molecule has 4 N–H and O–H groups in total. The number of aliphatic carboxylic acids is 1. The summed E-state index contributed by atoms with van der Waals surface area (Å²) in [4.78, 5) is 40.2. The maximum atomic E-state index is 12.5. The third-order valence-electron chi connectivity index (χ3n) is 4.42. The Labute approximate surface area is 171 Å². The normalized spacial score (nSPS) is 11.5. The van der Waals surface area contributed by atoms with Crippen molar-refractivity contribution in [1.82, 2.24) is 14.9 Å². The van der Waals surface area contributed by atoms with E-state index >= 15 is 0 Å². The molecule has 154 valence electrons. The van der Waals surface area contributed by atoms with Crippen LogP contribution in [0, 0.1) is 0 Å². The molecular formula is C21H20N4O5. The largest absolute Gasteiger partial charge is 0.505 e. The van der Waals surface area contributed by atoms with Gasteiger partial charge in [-0.1, -0.05) is 24.3 Å².